The Morgan fingerprint density at radius 1 is 1.35 bits per heavy atom. The van der Waals surface area contributed by atoms with E-state index in [1.165, 1.54) is 0 Å². The fraction of sp³-hybridized carbons (Fsp3) is 0.500. The number of nitrogens with one attached hydrogen (secondary N) is 2. The monoisotopic (exact) mass is 294 g/mol. The fourth-order valence-corrected chi connectivity index (χ4v) is 2.59. The zero-order valence-corrected chi connectivity index (χ0v) is 13.3. The first-order chi connectivity index (χ1) is 9.46. The first-order valence-corrected chi connectivity index (χ1v) is 10.5. The molecule has 0 radical (unpaired) electrons. The Morgan fingerprint density at radius 2 is 2.15 bits per heavy atom. The predicted molar refractivity (Wildman–Crippen MR) is 80.7 cm³/mol. The highest BCUT2D eigenvalue weighted by molar-refractivity contribution is 6.76. The fourth-order valence-electron chi connectivity index (χ4n) is 1.83. The van der Waals surface area contributed by atoms with Crippen molar-refractivity contribution >= 4 is 20.1 Å². The predicted octanol–water partition coefficient (Wildman–Crippen LogP) is 2.31. The standard InChI is InChI=1S/C14H22N2O3Si/c1-20(2,3)5-4-18-10-19-14(17)13-6-11-7-15-8-12(11)9-16-13/h6-8,15-16H,4-5,9-10H2,1-3H3. The molecule has 0 fully saturated rings. The van der Waals surface area contributed by atoms with E-state index in [0.717, 1.165) is 17.2 Å². The Morgan fingerprint density at radius 3 is 2.90 bits per heavy atom. The molecule has 0 aliphatic carbocycles. The Balaban J connectivity index is 1.74. The molecule has 2 N–H and O–H groups in total. The summed E-state index contributed by atoms with van der Waals surface area (Å²) in [5.74, 6) is -0.371. The van der Waals surface area contributed by atoms with Crippen LogP contribution in [0.15, 0.2) is 18.1 Å². The lowest BCUT2D eigenvalue weighted by Gasteiger charge is -2.17. The Hall–Kier alpha value is -1.53. The molecule has 0 aromatic carbocycles. The van der Waals surface area contributed by atoms with E-state index in [1.54, 1.807) is 6.08 Å². The highest BCUT2D eigenvalue weighted by Gasteiger charge is 2.17. The largest absolute Gasteiger partial charge is 0.434 e. The third-order valence-corrected chi connectivity index (χ3v) is 4.83. The lowest BCUT2D eigenvalue weighted by atomic mass is 10.1. The molecule has 0 unspecified atom stereocenters. The van der Waals surface area contributed by atoms with E-state index in [2.05, 4.69) is 29.9 Å². The molecule has 1 aromatic heterocycles. The summed E-state index contributed by atoms with van der Waals surface area (Å²) < 4.78 is 10.5. The Labute approximate surface area is 120 Å². The molecular formula is C14H22N2O3Si. The number of aromatic nitrogens is 1. The van der Waals surface area contributed by atoms with Crippen LogP contribution in [-0.2, 0) is 20.8 Å². The van der Waals surface area contributed by atoms with Crippen molar-refractivity contribution in [2.75, 3.05) is 13.4 Å². The van der Waals surface area contributed by atoms with Crippen LogP contribution in [0, 0.1) is 0 Å². The van der Waals surface area contributed by atoms with Gasteiger partial charge in [-0.2, -0.15) is 0 Å². The van der Waals surface area contributed by atoms with Crippen molar-refractivity contribution in [3.05, 3.63) is 29.2 Å². The third kappa shape index (κ3) is 4.24. The van der Waals surface area contributed by atoms with Crippen LogP contribution in [0.5, 0.6) is 0 Å². The van der Waals surface area contributed by atoms with Gasteiger partial charge in [-0.3, -0.25) is 0 Å². The molecule has 5 nitrogen and oxygen atoms in total. The molecule has 1 aliphatic heterocycles. The van der Waals surface area contributed by atoms with Gasteiger partial charge < -0.3 is 19.8 Å². The molecule has 0 spiro atoms. The van der Waals surface area contributed by atoms with Gasteiger partial charge in [0, 0.05) is 33.6 Å². The van der Waals surface area contributed by atoms with E-state index < -0.39 is 8.07 Å². The van der Waals surface area contributed by atoms with Crippen LogP contribution in [-0.4, -0.2) is 32.4 Å². The summed E-state index contributed by atoms with van der Waals surface area (Å²) in [5.41, 5.74) is 2.65. The third-order valence-electron chi connectivity index (χ3n) is 3.13. The molecule has 2 heterocycles. The minimum absolute atomic E-state index is 0.0162. The molecule has 0 saturated heterocycles. The molecule has 0 bridgehead atoms. The average Bonchev–Trinajstić information content (AvgIpc) is 2.83. The van der Waals surface area contributed by atoms with E-state index >= 15 is 0 Å². The summed E-state index contributed by atoms with van der Waals surface area (Å²) in [4.78, 5) is 14.9. The number of ether oxygens (including phenoxy) is 2. The second kappa shape index (κ2) is 6.28. The van der Waals surface area contributed by atoms with Gasteiger partial charge in [0.1, 0.15) is 5.70 Å². The molecular weight excluding hydrogens is 272 g/mol. The normalized spacial score (nSPS) is 14.2. The van der Waals surface area contributed by atoms with Crippen LogP contribution in [0.4, 0.5) is 0 Å². The lowest BCUT2D eigenvalue weighted by molar-refractivity contribution is -0.151. The number of H-pyrrole nitrogens is 1. The van der Waals surface area contributed by atoms with Gasteiger partial charge in [-0.25, -0.2) is 4.79 Å². The van der Waals surface area contributed by atoms with Crippen LogP contribution in [0.25, 0.3) is 6.08 Å². The van der Waals surface area contributed by atoms with Crippen molar-refractivity contribution in [3.8, 4) is 0 Å². The van der Waals surface area contributed by atoms with Crippen molar-refractivity contribution in [2.24, 2.45) is 0 Å². The highest BCUT2D eigenvalue weighted by atomic mass is 28.3. The van der Waals surface area contributed by atoms with Crippen LogP contribution >= 0.6 is 0 Å². The number of aromatic amines is 1. The molecule has 1 aliphatic rings. The van der Waals surface area contributed by atoms with Crippen LogP contribution in [0.2, 0.25) is 25.7 Å². The van der Waals surface area contributed by atoms with Gasteiger partial charge in [-0.05, 0) is 23.2 Å². The first-order valence-electron chi connectivity index (χ1n) is 6.82. The van der Waals surface area contributed by atoms with Gasteiger partial charge in [0.25, 0.3) is 0 Å². The number of fused-ring (bicyclic) bond motifs is 1. The summed E-state index contributed by atoms with van der Waals surface area (Å²) in [5, 5.41) is 3.04. The van der Waals surface area contributed by atoms with Crippen molar-refractivity contribution in [3.63, 3.8) is 0 Å². The summed E-state index contributed by atoms with van der Waals surface area (Å²) >= 11 is 0. The van der Waals surface area contributed by atoms with E-state index in [4.69, 9.17) is 9.47 Å². The summed E-state index contributed by atoms with van der Waals surface area (Å²) in [6, 6.07) is 1.07. The zero-order valence-electron chi connectivity index (χ0n) is 12.3. The van der Waals surface area contributed by atoms with Crippen molar-refractivity contribution < 1.29 is 14.3 Å². The zero-order chi connectivity index (χ0) is 14.6. The number of carbonyl (C=O) groups excluding carboxylic acids is 1. The van der Waals surface area contributed by atoms with Crippen LogP contribution in [0.3, 0.4) is 0 Å². The summed E-state index contributed by atoms with van der Waals surface area (Å²) in [6.45, 7) is 8.16. The SMILES string of the molecule is C[Si](C)(C)CCOCOC(=O)C1=Cc2c[nH]cc2CN1. The lowest BCUT2D eigenvalue weighted by Crippen LogP contribution is -2.26. The maximum absolute atomic E-state index is 11.9. The van der Waals surface area contributed by atoms with E-state index in [1.807, 2.05) is 12.4 Å². The van der Waals surface area contributed by atoms with Crippen LogP contribution < -0.4 is 5.32 Å². The van der Waals surface area contributed by atoms with Gasteiger partial charge in [-0.1, -0.05) is 19.6 Å². The molecule has 20 heavy (non-hydrogen) atoms. The van der Waals surface area contributed by atoms with E-state index in [9.17, 15) is 4.79 Å². The molecule has 110 valence electrons. The maximum Gasteiger partial charge on any atom is 0.356 e. The average molecular weight is 294 g/mol. The summed E-state index contributed by atoms with van der Waals surface area (Å²) in [7, 11) is -1.09. The molecule has 0 amide bonds. The number of hydrogen-bond donors (Lipinski definition) is 2. The quantitative estimate of drug-likeness (QED) is 0.366. The van der Waals surface area contributed by atoms with Gasteiger partial charge in [-0.15, -0.1) is 0 Å². The highest BCUT2D eigenvalue weighted by Crippen LogP contribution is 2.17. The Bertz CT molecular complexity index is 503. The molecule has 2 rings (SSSR count). The molecule has 1 aromatic rings. The van der Waals surface area contributed by atoms with E-state index in [0.29, 0.717) is 18.8 Å². The molecule has 0 atom stereocenters. The number of esters is 1. The number of hydrogen-bond acceptors (Lipinski definition) is 4. The number of carbonyl (C=O) groups is 1. The smallest absolute Gasteiger partial charge is 0.356 e. The second-order valence-corrected chi connectivity index (χ2v) is 11.7. The second-order valence-electron chi connectivity index (χ2n) is 6.12. The first kappa shape index (κ1) is 14.9. The van der Waals surface area contributed by atoms with Gasteiger partial charge in [0.15, 0.2) is 6.79 Å². The minimum atomic E-state index is -1.09. The topological polar surface area (TPSA) is 63.4 Å². The Kier molecular flexibility index (Phi) is 4.67. The van der Waals surface area contributed by atoms with Crippen molar-refractivity contribution in [1.82, 2.24) is 10.3 Å². The molecule has 6 heteroatoms. The van der Waals surface area contributed by atoms with Gasteiger partial charge >= 0.3 is 5.97 Å². The van der Waals surface area contributed by atoms with Gasteiger partial charge in [0.2, 0.25) is 0 Å². The van der Waals surface area contributed by atoms with E-state index in [-0.39, 0.29) is 12.8 Å². The summed E-state index contributed by atoms with van der Waals surface area (Å²) in [6.07, 6.45) is 5.58. The van der Waals surface area contributed by atoms with Crippen molar-refractivity contribution in [1.29, 1.82) is 0 Å². The van der Waals surface area contributed by atoms with Crippen molar-refractivity contribution in [2.45, 2.75) is 32.2 Å². The molecule has 0 saturated carbocycles. The van der Waals surface area contributed by atoms with Crippen LogP contribution in [0.1, 0.15) is 11.1 Å². The van der Waals surface area contributed by atoms with Gasteiger partial charge in [0.05, 0.1) is 0 Å². The number of rotatable bonds is 6. The maximum atomic E-state index is 11.9. The minimum Gasteiger partial charge on any atom is -0.434 e.